The van der Waals surface area contributed by atoms with Crippen molar-refractivity contribution in [3.05, 3.63) is 29.3 Å². The van der Waals surface area contributed by atoms with Crippen molar-refractivity contribution in [1.82, 2.24) is 0 Å². The molecule has 3 heteroatoms. The van der Waals surface area contributed by atoms with Crippen LogP contribution in [0.1, 0.15) is 25.0 Å². The van der Waals surface area contributed by atoms with Gasteiger partial charge in [-0.2, -0.15) is 10.5 Å². The van der Waals surface area contributed by atoms with E-state index >= 15 is 0 Å². The van der Waals surface area contributed by atoms with Crippen LogP contribution in [0.2, 0.25) is 0 Å². The molecule has 0 N–H and O–H groups in total. The van der Waals surface area contributed by atoms with Gasteiger partial charge in [-0.05, 0) is 32.0 Å². The minimum Gasteiger partial charge on any atom is -0.491 e. The molecule has 0 atom stereocenters. The number of rotatable bonds is 2. The van der Waals surface area contributed by atoms with Gasteiger partial charge in [-0.3, -0.25) is 0 Å². The number of benzene rings is 1. The zero-order valence-corrected chi connectivity index (χ0v) is 8.11. The van der Waals surface area contributed by atoms with Crippen LogP contribution in [0.3, 0.4) is 0 Å². The minimum atomic E-state index is 0.0375. The number of ether oxygens (including phenoxy) is 1. The smallest absolute Gasteiger partial charge is 0.122 e. The predicted molar refractivity (Wildman–Crippen MR) is 51.6 cm³/mol. The maximum absolute atomic E-state index is 8.70. The Hall–Kier alpha value is -2.00. The fourth-order valence-corrected chi connectivity index (χ4v) is 1.07. The second-order valence-corrected chi connectivity index (χ2v) is 3.14. The summed E-state index contributed by atoms with van der Waals surface area (Å²) in [6.45, 7) is 3.79. The fourth-order valence-electron chi connectivity index (χ4n) is 1.07. The topological polar surface area (TPSA) is 56.8 Å². The molecular formula is C11H10N2O. The van der Waals surface area contributed by atoms with E-state index in [1.54, 1.807) is 12.1 Å². The quantitative estimate of drug-likeness (QED) is 0.711. The molecule has 0 aliphatic rings. The van der Waals surface area contributed by atoms with Gasteiger partial charge in [0.1, 0.15) is 5.75 Å². The van der Waals surface area contributed by atoms with Crippen LogP contribution < -0.4 is 4.74 Å². The van der Waals surface area contributed by atoms with Gasteiger partial charge in [0, 0.05) is 0 Å². The van der Waals surface area contributed by atoms with Gasteiger partial charge in [0.25, 0.3) is 0 Å². The Morgan fingerprint density at radius 2 is 1.57 bits per heavy atom. The number of nitriles is 2. The van der Waals surface area contributed by atoms with E-state index in [0.717, 1.165) is 0 Å². The summed E-state index contributed by atoms with van der Waals surface area (Å²) in [7, 11) is 0. The van der Waals surface area contributed by atoms with Crippen molar-refractivity contribution in [3.8, 4) is 17.9 Å². The first kappa shape index (κ1) is 10.1. The Kier molecular flexibility index (Phi) is 3.09. The summed E-state index contributed by atoms with van der Waals surface area (Å²) >= 11 is 0. The molecule has 0 saturated heterocycles. The van der Waals surface area contributed by atoms with Gasteiger partial charge in [-0.1, -0.05) is 0 Å². The van der Waals surface area contributed by atoms with Crippen LogP contribution in [0.15, 0.2) is 18.2 Å². The molecule has 1 aromatic rings. The highest BCUT2D eigenvalue weighted by atomic mass is 16.5. The maximum Gasteiger partial charge on any atom is 0.122 e. The first-order valence-electron chi connectivity index (χ1n) is 4.27. The third-order valence-electron chi connectivity index (χ3n) is 1.54. The molecule has 0 aromatic heterocycles. The highest BCUT2D eigenvalue weighted by Gasteiger charge is 2.02. The lowest BCUT2D eigenvalue weighted by Crippen LogP contribution is -2.05. The molecule has 0 saturated carbocycles. The van der Waals surface area contributed by atoms with E-state index in [9.17, 15) is 0 Å². The van der Waals surface area contributed by atoms with Gasteiger partial charge in [0.15, 0.2) is 0 Å². The van der Waals surface area contributed by atoms with E-state index < -0.39 is 0 Å². The van der Waals surface area contributed by atoms with E-state index in [1.807, 2.05) is 26.0 Å². The molecule has 0 spiro atoms. The van der Waals surface area contributed by atoms with E-state index in [2.05, 4.69) is 0 Å². The largest absolute Gasteiger partial charge is 0.491 e. The van der Waals surface area contributed by atoms with Crippen LogP contribution in [-0.2, 0) is 0 Å². The van der Waals surface area contributed by atoms with Gasteiger partial charge in [-0.25, -0.2) is 0 Å². The summed E-state index contributed by atoms with van der Waals surface area (Å²) in [6, 6.07) is 8.75. The second-order valence-electron chi connectivity index (χ2n) is 3.14. The van der Waals surface area contributed by atoms with Crippen LogP contribution in [-0.4, -0.2) is 6.10 Å². The summed E-state index contributed by atoms with van der Waals surface area (Å²) in [5, 5.41) is 17.4. The number of hydrogen-bond acceptors (Lipinski definition) is 3. The standard InChI is InChI=1S/C11H10N2O/c1-8(2)14-11-4-9(6-12)3-10(5-11)7-13/h3-5,8H,1-2H3. The van der Waals surface area contributed by atoms with Gasteiger partial charge in [-0.15, -0.1) is 0 Å². The van der Waals surface area contributed by atoms with Crippen molar-refractivity contribution in [1.29, 1.82) is 10.5 Å². The van der Waals surface area contributed by atoms with Crippen molar-refractivity contribution in [2.45, 2.75) is 20.0 Å². The molecule has 0 aliphatic carbocycles. The summed E-state index contributed by atoms with van der Waals surface area (Å²) < 4.78 is 5.40. The monoisotopic (exact) mass is 186 g/mol. The Bertz CT molecular complexity index is 378. The molecule has 0 bridgehead atoms. The van der Waals surface area contributed by atoms with Crippen molar-refractivity contribution < 1.29 is 4.74 Å². The van der Waals surface area contributed by atoms with Crippen LogP contribution in [0.5, 0.6) is 5.75 Å². The molecule has 0 amide bonds. The van der Waals surface area contributed by atoms with Crippen molar-refractivity contribution in [2.24, 2.45) is 0 Å². The molecule has 70 valence electrons. The van der Waals surface area contributed by atoms with Crippen molar-refractivity contribution >= 4 is 0 Å². The molecule has 0 aliphatic heterocycles. The van der Waals surface area contributed by atoms with Crippen LogP contribution in [0, 0.1) is 22.7 Å². The lowest BCUT2D eigenvalue weighted by Gasteiger charge is -2.09. The fraction of sp³-hybridized carbons (Fsp3) is 0.273. The third kappa shape index (κ3) is 2.50. The first-order valence-corrected chi connectivity index (χ1v) is 4.27. The summed E-state index contributed by atoms with van der Waals surface area (Å²) in [4.78, 5) is 0. The molecule has 0 radical (unpaired) electrons. The third-order valence-corrected chi connectivity index (χ3v) is 1.54. The molecule has 3 nitrogen and oxygen atoms in total. The average Bonchev–Trinajstić information content (AvgIpc) is 2.16. The second kappa shape index (κ2) is 4.30. The van der Waals surface area contributed by atoms with Crippen molar-refractivity contribution in [3.63, 3.8) is 0 Å². The van der Waals surface area contributed by atoms with Gasteiger partial charge < -0.3 is 4.74 Å². The highest BCUT2D eigenvalue weighted by Crippen LogP contribution is 2.17. The lowest BCUT2D eigenvalue weighted by molar-refractivity contribution is 0.242. The zero-order valence-electron chi connectivity index (χ0n) is 8.11. The number of nitrogens with zero attached hydrogens (tertiary/aromatic N) is 2. The molecule has 14 heavy (non-hydrogen) atoms. The van der Waals surface area contributed by atoms with Crippen molar-refractivity contribution in [2.75, 3.05) is 0 Å². The molecule has 1 rings (SSSR count). The zero-order chi connectivity index (χ0) is 10.6. The first-order chi connectivity index (χ1) is 6.65. The summed E-state index contributed by atoms with van der Waals surface area (Å²) in [5.74, 6) is 0.565. The van der Waals surface area contributed by atoms with E-state index in [-0.39, 0.29) is 6.10 Å². The normalized spacial score (nSPS) is 9.21. The number of hydrogen-bond donors (Lipinski definition) is 0. The molecule has 0 unspecified atom stereocenters. The SMILES string of the molecule is CC(C)Oc1cc(C#N)cc(C#N)c1. The molecule has 1 aromatic carbocycles. The Labute approximate surface area is 83.2 Å². The lowest BCUT2D eigenvalue weighted by atomic mass is 10.1. The van der Waals surface area contributed by atoms with Gasteiger partial charge in [0.05, 0.1) is 29.4 Å². The summed E-state index contributed by atoms with van der Waals surface area (Å²) in [5.41, 5.74) is 0.888. The van der Waals surface area contributed by atoms with E-state index in [0.29, 0.717) is 16.9 Å². The Balaban J connectivity index is 3.08. The molecule has 0 fully saturated rings. The minimum absolute atomic E-state index is 0.0375. The maximum atomic E-state index is 8.70. The van der Waals surface area contributed by atoms with E-state index in [4.69, 9.17) is 15.3 Å². The van der Waals surface area contributed by atoms with Crippen LogP contribution in [0.4, 0.5) is 0 Å². The molecular weight excluding hydrogens is 176 g/mol. The average molecular weight is 186 g/mol. The van der Waals surface area contributed by atoms with Gasteiger partial charge in [0.2, 0.25) is 0 Å². The Morgan fingerprint density at radius 3 is 1.93 bits per heavy atom. The predicted octanol–water partition coefficient (Wildman–Crippen LogP) is 2.22. The van der Waals surface area contributed by atoms with Gasteiger partial charge >= 0.3 is 0 Å². The van der Waals surface area contributed by atoms with Crippen LogP contribution in [0.25, 0.3) is 0 Å². The summed E-state index contributed by atoms with van der Waals surface area (Å²) in [6.07, 6.45) is 0.0375. The Morgan fingerprint density at radius 1 is 1.07 bits per heavy atom. The molecule has 0 heterocycles. The van der Waals surface area contributed by atoms with Crippen LogP contribution >= 0.6 is 0 Å². The van der Waals surface area contributed by atoms with E-state index in [1.165, 1.54) is 6.07 Å². The highest BCUT2D eigenvalue weighted by molar-refractivity contribution is 5.45.